The number of piperidine rings is 1. The van der Waals surface area contributed by atoms with Crippen LogP contribution in [0, 0.1) is 5.92 Å². The fraction of sp³-hybridized carbons (Fsp3) is 0.562. The summed E-state index contributed by atoms with van der Waals surface area (Å²) in [7, 11) is -3.35. The summed E-state index contributed by atoms with van der Waals surface area (Å²) in [4.78, 5) is 12.3. The number of carbonyl (C=O) groups is 1. The average molecular weight is 378 g/mol. The van der Waals surface area contributed by atoms with Gasteiger partial charge < -0.3 is 5.32 Å². The zero-order valence-corrected chi connectivity index (χ0v) is 14.7. The molecule has 2 rings (SSSR count). The van der Waals surface area contributed by atoms with Crippen molar-refractivity contribution in [3.63, 3.8) is 0 Å². The summed E-state index contributed by atoms with van der Waals surface area (Å²) in [5.74, 6) is -0.847. The van der Waals surface area contributed by atoms with E-state index >= 15 is 0 Å². The van der Waals surface area contributed by atoms with Crippen LogP contribution in [0.5, 0.6) is 0 Å². The first-order valence-electron chi connectivity index (χ1n) is 8.05. The van der Waals surface area contributed by atoms with Crippen molar-refractivity contribution in [1.29, 1.82) is 0 Å². The highest BCUT2D eigenvalue weighted by Crippen LogP contribution is 2.29. The van der Waals surface area contributed by atoms with Crippen molar-refractivity contribution in [3.8, 4) is 0 Å². The third kappa shape index (κ3) is 5.18. The summed E-state index contributed by atoms with van der Waals surface area (Å²) in [5.41, 5.74) is -0.422. The molecule has 0 aliphatic carbocycles. The van der Waals surface area contributed by atoms with Crippen LogP contribution < -0.4 is 5.32 Å². The Kier molecular flexibility index (Phi) is 6.10. The zero-order valence-electron chi connectivity index (χ0n) is 13.8. The van der Waals surface area contributed by atoms with Gasteiger partial charge in [0.1, 0.15) is 0 Å². The van der Waals surface area contributed by atoms with Gasteiger partial charge in [-0.05, 0) is 37.5 Å². The van der Waals surface area contributed by atoms with Gasteiger partial charge in [0.25, 0.3) is 0 Å². The first-order chi connectivity index (χ1) is 11.6. The second-order valence-electron chi connectivity index (χ2n) is 6.01. The molecule has 9 heteroatoms. The Labute approximate surface area is 145 Å². The van der Waals surface area contributed by atoms with E-state index in [0.29, 0.717) is 24.9 Å². The predicted molar refractivity (Wildman–Crippen MR) is 87.0 cm³/mol. The molecule has 0 radical (unpaired) electrons. The maximum atomic E-state index is 12.7. The van der Waals surface area contributed by atoms with Gasteiger partial charge in [-0.1, -0.05) is 12.1 Å². The van der Waals surface area contributed by atoms with Crippen LogP contribution in [-0.4, -0.2) is 37.5 Å². The molecule has 1 aromatic carbocycles. The summed E-state index contributed by atoms with van der Waals surface area (Å²) >= 11 is 0. The number of nitrogens with zero attached hydrogens (tertiary/aromatic N) is 1. The summed E-state index contributed by atoms with van der Waals surface area (Å²) < 4.78 is 63.2. The Morgan fingerprint density at radius 2 is 2.08 bits per heavy atom. The minimum Gasteiger partial charge on any atom is -0.352 e. The summed E-state index contributed by atoms with van der Waals surface area (Å²) in [6, 6.07) is 4.76. The Morgan fingerprint density at radius 1 is 1.36 bits per heavy atom. The van der Waals surface area contributed by atoms with Gasteiger partial charge in [-0.3, -0.25) is 4.79 Å². The highest BCUT2D eigenvalue weighted by Gasteiger charge is 2.32. The topological polar surface area (TPSA) is 66.5 Å². The van der Waals surface area contributed by atoms with Gasteiger partial charge >= 0.3 is 6.18 Å². The molecule has 0 bridgehead atoms. The molecule has 0 aromatic heterocycles. The minimum atomic E-state index is -4.43. The molecule has 5 nitrogen and oxygen atoms in total. The van der Waals surface area contributed by atoms with Gasteiger partial charge in [-0.15, -0.1) is 0 Å². The summed E-state index contributed by atoms with van der Waals surface area (Å²) in [5, 5.41) is 2.61. The number of benzene rings is 1. The van der Waals surface area contributed by atoms with Gasteiger partial charge in [-0.2, -0.15) is 13.2 Å². The van der Waals surface area contributed by atoms with Crippen LogP contribution >= 0.6 is 0 Å². The van der Waals surface area contributed by atoms with E-state index in [-0.39, 0.29) is 24.7 Å². The molecule has 1 aromatic rings. The van der Waals surface area contributed by atoms with Crippen LogP contribution in [0.25, 0.3) is 0 Å². The van der Waals surface area contributed by atoms with E-state index < -0.39 is 27.7 Å². The zero-order chi connectivity index (χ0) is 18.7. The van der Waals surface area contributed by atoms with Crippen LogP contribution in [0.2, 0.25) is 0 Å². The number of hydrogen-bond acceptors (Lipinski definition) is 3. The highest BCUT2D eigenvalue weighted by atomic mass is 32.2. The van der Waals surface area contributed by atoms with Crippen molar-refractivity contribution in [2.45, 2.75) is 32.5 Å². The SMILES string of the molecule is CCS(=O)(=O)N1CCC[C@H](C(=O)NCc2cccc(C(F)(F)F)c2)C1. The number of sulfonamides is 1. The van der Waals surface area contributed by atoms with Crippen molar-refractivity contribution in [3.05, 3.63) is 35.4 Å². The van der Waals surface area contributed by atoms with E-state index in [2.05, 4.69) is 5.32 Å². The van der Waals surface area contributed by atoms with Crippen molar-refractivity contribution < 1.29 is 26.4 Å². The molecule has 25 heavy (non-hydrogen) atoms. The summed E-state index contributed by atoms with van der Waals surface area (Å²) in [6.45, 7) is 2.03. The molecule has 1 atom stereocenters. The molecule has 140 valence electrons. The number of amides is 1. The molecule has 1 N–H and O–H groups in total. The number of alkyl halides is 3. The van der Waals surface area contributed by atoms with Crippen LogP contribution in [0.4, 0.5) is 13.2 Å². The van der Waals surface area contributed by atoms with Gasteiger partial charge in [0.2, 0.25) is 15.9 Å². The fourth-order valence-corrected chi connectivity index (χ4v) is 3.96. The monoisotopic (exact) mass is 378 g/mol. The van der Waals surface area contributed by atoms with E-state index in [9.17, 15) is 26.4 Å². The third-order valence-corrected chi connectivity index (χ3v) is 6.08. The lowest BCUT2D eigenvalue weighted by Gasteiger charge is -2.30. The van der Waals surface area contributed by atoms with Crippen LogP contribution in [0.3, 0.4) is 0 Å². The highest BCUT2D eigenvalue weighted by molar-refractivity contribution is 7.89. The second-order valence-corrected chi connectivity index (χ2v) is 8.27. The average Bonchev–Trinajstić information content (AvgIpc) is 2.59. The molecular formula is C16H21F3N2O3S. The first kappa shape index (κ1) is 19.7. The van der Waals surface area contributed by atoms with Crippen LogP contribution in [-0.2, 0) is 27.5 Å². The predicted octanol–water partition coefficient (Wildman–Crippen LogP) is 2.38. The maximum absolute atomic E-state index is 12.7. The molecule has 0 saturated carbocycles. The van der Waals surface area contributed by atoms with E-state index in [0.717, 1.165) is 12.1 Å². The van der Waals surface area contributed by atoms with E-state index in [1.165, 1.54) is 16.4 Å². The van der Waals surface area contributed by atoms with Crippen LogP contribution in [0.15, 0.2) is 24.3 Å². The molecule has 1 aliphatic heterocycles. The van der Waals surface area contributed by atoms with E-state index in [4.69, 9.17) is 0 Å². The van der Waals surface area contributed by atoms with E-state index in [1.807, 2.05) is 0 Å². The lowest BCUT2D eigenvalue weighted by atomic mass is 9.98. The van der Waals surface area contributed by atoms with Gasteiger partial charge in [-0.25, -0.2) is 12.7 Å². The molecule has 1 saturated heterocycles. The number of nitrogens with one attached hydrogen (secondary N) is 1. The quantitative estimate of drug-likeness (QED) is 0.856. The third-order valence-electron chi connectivity index (χ3n) is 4.23. The number of hydrogen-bond donors (Lipinski definition) is 1. The maximum Gasteiger partial charge on any atom is 0.416 e. The lowest BCUT2D eigenvalue weighted by molar-refractivity contribution is -0.137. The molecule has 1 fully saturated rings. The smallest absolute Gasteiger partial charge is 0.352 e. The van der Waals surface area contributed by atoms with Gasteiger partial charge in [0.05, 0.1) is 17.2 Å². The molecule has 1 amide bonds. The van der Waals surface area contributed by atoms with Crippen molar-refractivity contribution in [1.82, 2.24) is 9.62 Å². The van der Waals surface area contributed by atoms with E-state index in [1.54, 1.807) is 6.92 Å². The van der Waals surface area contributed by atoms with Gasteiger partial charge in [0, 0.05) is 19.6 Å². The standard InChI is InChI=1S/C16H21F3N2O3S/c1-2-25(23,24)21-8-4-6-13(11-21)15(22)20-10-12-5-3-7-14(9-12)16(17,18)19/h3,5,7,9,13H,2,4,6,8,10-11H2,1H3,(H,20,22)/t13-/m0/s1. The molecule has 0 spiro atoms. The second kappa shape index (κ2) is 7.74. The lowest BCUT2D eigenvalue weighted by Crippen LogP contribution is -2.45. The van der Waals surface area contributed by atoms with Crippen molar-refractivity contribution >= 4 is 15.9 Å². The molecular weight excluding hydrogens is 357 g/mol. The number of halogens is 3. The van der Waals surface area contributed by atoms with Crippen molar-refractivity contribution in [2.24, 2.45) is 5.92 Å². The Bertz CT molecular complexity index is 720. The van der Waals surface area contributed by atoms with Crippen molar-refractivity contribution in [2.75, 3.05) is 18.8 Å². The Hall–Kier alpha value is -1.61. The molecule has 1 heterocycles. The first-order valence-corrected chi connectivity index (χ1v) is 9.66. The molecule has 1 aliphatic rings. The summed E-state index contributed by atoms with van der Waals surface area (Å²) in [6.07, 6.45) is -3.29. The number of rotatable bonds is 5. The molecule has 0 unspecified atom stereocenters. The minimum absolute atomic E-state index is 0.0222. The van der Waals surface area contributed by atoms with Crippen LogP contribution in [0.1, 0.15) is 30.9 Å². The Morgan fingerprint density at radius 3 is 2.72 bits per heavy atom. The van der Waals surface area contributed by atoms with Gasteiger partial charge in [0.15, 0.2) is 0 Å². The number of carbonyl (C=O) groups excluding carboxylic acids is 1. The normalized spacial score (nSPS) is 19.6. The largest absolute Gasteiger partial charge is 0.416 e. The fourth-order valence-electron chi connectivity index (χ4n) is 2.78. The Balaban J connectivity index is 1.96.